The Balaban J connectivity index is 1.93. The average Bonchev–Trinajstić information content (AvgIpc) is 3.04. The SMILES string of the molecule is COC(=O)c1c(C)c(C(=O)CN(CCN2CCOCC2)S(=O)(=O)c2ccc(C)cc2)c(C)n1C. The van der Waals surface area contributed by atoms with Gasteiger partial charge in [0.2, 0.25) is 10.0 Å². The second-order valence-electron chi connectivity index (χ2n) is 8.51. The first-order valence-corrected chi connectivity index (χ1v) is 12.7. The van der Waals surface area contributed by atoms with Crippen LogP contribution in [0.2, 0.25) is 0 Å². The van der Waals surface area contributed by atoms with Gasteiger partial charge in [0.05, 0.1) is 31.8 Å². The van der Waals surface area contributed by atoms with Crippen LogP contribution in [0.15, 0.2) is 29.2 Å². The number of nitrogens with zero attached hydrogens (tertiary/aromatic N) is 3. The number of carbonyl (C=O) groups excluding carboxylic acids is 2. The van der Waals surface area contributed by atoms with Crippen LogP contribution < -0.4 is 0 Å². The van der Waals surface area contributed by atoms with Crippen molar-refractivity contribution >= 4 is 21.8 Å². The van der Waals surface area contributed by atoms with Gasteiger partial charge in [0.15, 0.2) is 5.78 Å². The maximum absolute atomic E-state index is 13.5. The quantitative estimate of drug-likeness (QED) is 0.391. The van der Waals surface area contributed by atoms with E-state index < -0.39 is 16.0 Å². The van der Waals surface area contributed by atoms with E-state index >= 15 is 0 Å². The number of hydrogen-bond donors (Lipinski definition) is 0. The molecule has 2 heterocycles. The van der Waals surface area contributed by atoms with Crippen molar-refractivity contribution in [2.75, 3.05) is 53.0 Å². The van der Waals surface area contributed by atoms with Crippen molar-refractivity contribution in [3.63, 3.8) is 0 Å². The molecule has 0 amide bonds. The van der Waals surface area contributed by atoms with E-state index in [0.717, 1.165) is 5.56 Å². The van der Waals surface area contributed by atoms with Gasteiger partial charge in [-0.3, -0.25) is 9.69 Å². The second kappa shape index (κ2) is 10.8. The van der Waals surface area contributed by atoms with Gasteiger partial charge in [-0.05, 0) is 38.5 Å². The van der Waals surface area contributed by atoms with E-state index in [1.165, 1.54) is 11.4 Å². The van der Waals surface area contributed by atoms with E-state index in [1.807, 2.05) is 6.92 Å². The summed E-state index contributed by atoms with van der Waals surface area (Å²) in [6, 6.07) is 6.60. The molecule has 0 atom stereocenters. The number of esters is 1. The number of methoxy groups -OCH3 is 1. The zero-order valence-corrected chi connectivity index (χ0v) is 21.3. The zero-order valence-electron chi connectivity index (χ0n) is 20.5. The van der Waals surface area contributed by atoms with Crippen LogP contribution in [0.5, 0.6) is 0 Å². The van der Waals surface area contributed by atoms with Crippen molar-refractivity contribution in [2.45, 2.75) is 25.7 Å². The zero-order chi connectivity index (χ0) is 25.0. The smallest absolute Gasteiger partial charge is 0.354 e. The topological polar surface area (TPSA) is 98.2 Å². The summed E-state index contributed by atoms with van der Waals surface area (Å²) in [5.74, 6) is -0.906. The summed E-state index contributed by atoms with van der Waals surface area (Å²) in [6.07, 6.45) is 0. The van der Waals surface area contributed by atoms with Gasteiger partial charge in [-0.25, -0.2) is 13.2 Å². The number of ether oxygens (including phenoxy) is 2. The Morgan fingerprint density at radius 2 is 1.71 bits per heavy atom. The van der Waals surface area contributed by atoms with Gasteiger partial charge in [-0.2, -0.15) is 4.31 Å². The van der Waals surface area contributed by atoms with E-state index in [2.05, 4.69) is 4.90 Å². The highest BCUT2D eigenvalue weighted by molar-refractivity contribution is 7.89. The molecule has 1 aromatic heterocycles. The van der Waals surface area contributed by atoms with Crippen molar-refractivity contribution < 1.29 is 27.5 Å². The number of hydrogen-bond acceptors (Lipinski definition) is 7. The Morgan fingerprint density at radius 3 is 2.29 bits per heavy atom. The van der Waals surface area contributed by atoms with Crippen molar-refractivity contribution in [1.29, 1.82) is 0 Å². The molecule has 1 aliphatic heterocycles. The summed E-state index contributed by atoms with van der Waals surface area (Å²) in [5.41, 5.74) is 2.64. The van der Waals surface area contributed by atoms with Gasteiger partial charge in [0.25, 0.3) is 0 Å². The number of benzene rings is 1. The van der Waals surface area contributed by atoms with Crippen molar-refractivity contribution in [1.82, 2.24) is 13.8 Å². The molecule has 0 N–H and O–H groups in total. The largest absolute Gasteiger partial charge is 0.464 e. The highest BCUT2D eigenvalue weighted by Gasteiger charge is 2.31. The van der Waals surface area contributed by atoms with Crippen LogP contribution in [0.4, 0.5) is 0 Å². The van der Waals surface area contributed by atoms with E-state index in [0.29, 0.717) is 49.7 Å². The van der Waals surface area contributed by atoms with Crippen molar-refractivity contribution in [2.24, 2.45) is 7.05 Å². The number of carbonyl (C=O) groups is 2. The average molecular weight is 492 g/mol. The molecule has 0 saturated carbocycles. The first-order chi connectivity index (χ1) is 16.1. The summed E-state index contributed by atoms with van der Waals surface area (Å²) in [6.45, 7) is 8.25. The van der Waals surface area contributed by atoms with E-state index in [-0.39, 0.29) is 29.5 Å². The number of aryl methyl sites for hydroxylation is 1. The number of ketones is 1. The van der Waals surface area contributed by atoms with Crippen molar-refractivity contribution in [3.05, 3.63) is 52.3 Å². The molecule has 0 bridgehead atoms. The van der Waals surface area contributed by atoms with E-state index in [1.54, 1.807) is 49.7 Å². The van der Waals surface area contributed by atoms with E-state index in [4.69, 9.17) is 9.47 Å². The van der Waals surface area contributed by atoms with Crippen LogP contribution in [-0.2, 0) is 26.5 Å². The number of sulfonamides is 1. The van der Waals surface area contributed by atoms with Gasteiger partial charge in [-0.15, -0.1) is 0 Å². The summed E-state index contributed by atoms with van der Waals surface area (Å²) < 4.78 is 40.1. The van der Waals surface area contributed by atoms with Crippen LogP contribution in [0.3, 0.4) is 0 Å². The van der Waals surface area contributed by atoms with Gasteiger partial charge < -0.3 is 14.0 Å². The molecule has 9 nitrogen and oxygen atoms in total. The van der Waals surface area contributed by atoms with Crippen LogP contribution in [0.1, 0.15) is 37.7 Å². The van der Waals surface area contributed by atoms with E-state index in [9.17, 15) is 18.0 Å². The predicted octanol–water partition coefficient (Wildman–Crippen LogP) is 1.94. The van der Waals surface area contributed by atoms with Crippen molar-refractivity contribution in [3.8, 4) is 0 Å². The lowest BCUT2D eigenvalue weighted by atomic mass is 10.1. The van der Waals surface area contributed by atoms with Gasteiger partial charge in [0.1, 0.15) is 5.69 Å². The summed E-state index contributed by atoms with van der Waals surface area (Å²) in [7, 11) is -0.946. The van der Waals surface area contributed by atoms with Crippen LogP contribution in [0.25, 0.3) is 0 Å². The summed E-state index contributed by atoms with van der Waals surface area (Å²) in [4.78, 5) is 28.0. The maximum Gasteiger partial charge on any atom is 0.354 e. The molecule has 3 rings (SSSR count). The standard InChI is InChI=1S/C24H33N3O6S/c1-17-6-8-20(9-7-17)34(30,31)27(11-10-26-12-14-33-15-13-26)16-21(28)22-18(2)23(24(29)32-5)25(4)19(22)3/h6-9H,10-16H2,1-5H3. The lowest BCUT2D eigenvalue weighted by Gasteiger charge is -2.29. The fourth-order valence-electron chi connectivity index (χ4n) is 4.23. The number of rotatable bonds is 9. The molecule has 34 heavy (non-hydrogen) atoms. The van der Waals surface area contributed by atoms with Gasteiger partial charge >= 0.3 is 5.97 Å². The Morgan fingerprint density at radius 1 is 1.09 bits per heavy atom. The minimum Gasteiger partial charge on any atom is -0.464 e. The fraction of sp³-hybridized carbons (Fsp3) is 0.500. The van der Waals surface area contributed by atoms with Gasteiger partial charge in [-0.1, -0.05) is 17.7 Å². The molecule has 10 heteroatoms. The first kappa shape index (κ1) is 26.1. The first-order valence-electron chi connectivity index (χ1n) is 11.2. The third-order valence-corrected chi connectivity index (χ3v) is 8.20. The molecule has 2 aromatic rings. The second-order valence-corrected chi connectivity index (χ2v) is 10.5. The molecule has 0 spiro atoms. The Kier molecular flexibility index (Phi) is 8.29. The summed E-state index contributed by atoms with van der Waals surface area (Å²) in [5, 5.41) is 0. The predicted molar refractivity (Wildman–Crippen MR) is 128 cm³/mol. The Hall–Kier alpha value is -2.53. The lowest BCUT2D eigenvalue weighted by Crippen LogP contribution is -2.44. The molecule has 1 aromatic carbocycles. The van der Waals surface area contributed by atoms with Crippen LogP contribution in [-0.4, -0.2) is 87.0 Å². The molecular weight excluding hydrogens is 458 g/mol. The third kappa shape index (κ3) is 5.41. The van der Waals surface area contributed by atoms with Gasteiger partial charge in [0, 0.05) is 44.5 Å². The minimum absolute atomic E-state index is 0.143. The number of aromatic nitrogens is 1. The molecule has 0 radical (unpaired) electrons. The Labute approximate surface area is 201 Å². The van der Waals surface area contributed by atoms with Crippen LogP contribution in [0, 0.1) is 20.8 Å². The molecule has 1 saturated heterocycles. The van der Waals surface area contributed by atoms with Crippen LogP contribution >= 0.6 is 0 Å². The molecule has 1 aliphatic rings. The monoisotopic (exact) mass is 491 g/mol. The fourth-order valence-corrected chi connectivity index (χ4v) is 5.62. The minimum atomic E-state index is -3.92. The lowest BCUT2D eigenvalue weighted by molar-refractivity contribution is 0.0362. The number of Topliss-reactive ketones (excluding diaryl/α,β-unsaturated/α-hetero) is 1. The number of morpholine rings is 1. The highest BCUT2D eigenvalue weighted by atomic mass is 32.2. The molecule has 0 aliphatic carbocycles. The summed E-state index contributed by atoms with van der Waals surface area (Å²) >= 11 is 0. The molecular formula is C24H33N3O6S. The normalized spacial score (nSPS) is 15.0. The molecule has 1 fully saturated rings. The molecule has 0 unspecified atom stereocenters. The Bertz CT molecular complexity index is 1150. The highest BCUT2D eigenvalue weighted by Crippen LogP contribution is 2.24. The maximum atomic E-state index is 13.5. The molecule has 186 valence electrons. The third-order valence-electron chi connectivity index (χ3n) is 6.34.